The van der Waals surface area contributed by atoms with Crippen molar-refractivity contribution in [2.75, 3.05) is 32.0 Å². The van der Waals surface area contributed by atoms with Crippen LogP contribution in [-0.2, 0) is 14.6 Å². The molecular weight excluding hydrogens is 280 g/mol. The van der Waals surface area contributed by atoms with E-state index in [2.05, 4.69) is 5.32 Å². The number of hydrogen-bond acceptors (Lipinski definition) is 5. The SMILES string of the molecule is CCOC(=O)N1CCC(NCC2CCCS2(=O)=O)CC1. The Bertz CT molecular complexity index is 430. The molecule has 1 atom stereocenters. The Morgan fingerprint density at radius 1 is 1.30 bits per heavy atom. The molecule has 2 fully saturated rings. The Balaban J connectivity index is 1.71. The molecule has 2 aliphatic rings. The van der Waals surface area contributed by atoms with Crippen molar-refractivity contribution in [1.82, 2.24) is 10.2 Å². The van der Waals surface area contributed by atoms with Crippen LogP contribution in [0.15, 0.2) is 0 Å². The molecule has 0 aromatic carbocycles. The van der Waals surface area contributed by atoms with Crippen molar-refractivity contribution in [3.05, 3.63) is 0 Å². The van der Waals surface area contributed by atoms with Crippen LogP contribution in [0, 0.1) is 0 Å². The molecule has 1 unspecified atom stereocenters. The van der Waals surface area contributed by atoms with Gasteiger partial charge in [-0.15, -0.1) is 0 Å². The van der Waals surface area contributed by atoms with E-state index < -0.39 is 9.84 Å². The maximum Gasteiger partial charge on any atom is 0.409 e. The monoisotopic (exact) mass is 304 g/mol. The summed E-state index contributed by atoms with van der Waals surface area (Å²) in [5.74, 6) is 0.334. The third-order valence-corrected chi connectivity index (χ3v) is 6.39. The average molecular weight is 304 g/mol. The number of hydrogen-bond donors (Lipinski definition) is 1. The fourth-order valence-electron chi connectivity index (χ4n) is 2.87. The van der Waals surface area contributed by atoms with Gasteiger partial charge in [0.05, 0.1) is 17.6 Å². The molecule has 7 heteroatoms. The first kappa shape index (κ1) is 15.6. The van der Waals surface area contributed by atoms with Crippen LogP contribution < -0.4 is 5.32 Å². The molecule has 0 aromatic heterocycles. The zero-order valence-electron chi connectivity index (χ0n) is 12.0. The van der Waals surface area contributed by atoms with Gasteiger partial charge in [-0.25, -0.2) is 13.2 Å². The van der Waals surface area contributed by atoms with Crippen LogP contribution in [0.1, 0.15) is 32.6 Å². The van der Waals surface area contributed by atoms with Gasteiger partial charge in [-0.3, -0.25) is 0 Å². The van der Waals surface area contributed by atoms with Crippen LogP contribution in [0.3, 0.4) is 0 Å². The standard InChI is InChI=1S/C13H24N2O4S/c1-2-19-13(16)15-7-5-11(6-8-15)14-10-12-4-3-9-20(12,17)18/h11-12,14H,2-10H2,1H3. The molecule has 0 bridgehead atoms. The summed E-state index contributed by atoms with van der Waals surface area (Å²) in [7, 11) is -2.87. The third kappa shape index (κ3) is 3.85. The van der Waals surface area contributed by atoms with E-state index in [9.17, 15) is 13.2 Å². The molecule has 0 radical (unpaired) electrons. The Labute approximate surface area is 120 Å². The van der Waals surface area contributed by atoms with Crippen molar-refractivity contribution in [2.45, 2.75) is 43.9 Å². The fraction of sp³-hybridized carbons (Fsp3) is 0.923. The van der Waals surface area contributed by atoms with E-state index >= 15 is 0 Å². The lowest BCUT2D eigenvalue weighted by atomic mass is 10.1. The molecule has 2 aliphatic heterocycles. The zero-order valence-corrected chi connectivity index (χ0v) is 12.8. The van der Waals surface area contributed by atoms with E-state index in [1.54, 1.807) is 11.8 Å². The number of carbonyl (C=O) groups is 1. The van der Waals surface area contributed by atoms with Gasteiger partial charge in [0.15, 0.2) is 9.84 Å². The largest absolute Gasteiger partial charge is 0.450 e. The number of nitrogens with zero attached hydrogens (tertiary/aromatic N) is 1. The normalized spacial score (nSPS) is 26.6. The van der Waals surface area contributed by atoms with Gasteiger partial charge in [0.1, 0.15) is 0 Å². The van der Waals surface area contributed by atoms with Crippen LogP contribution >= 0.6 is 0 Å². The van der Waals surface area contributed by atoms with Crippen molar-refractivity contribution in [1.29, 1.82) is 0 Å². The predicted octanol–water partition coefficient (Wildman–Crippen LogP) is 0.774. The van der Waals surface area contributed by atoms with Crippen LogP contribution in [0.4, 0.5) is 4.79 Å². The maximum atomic E-state index is 11.7. The van der Waals surface area contributed by atoms with Gasteiger partial charge in [0.25, 0.3) is 0 Å². The Hall–Kier alpha value is -0.820. The second-order valence-electron chi connectivity index (χ2n) is 5.50. The summed E-state index contributed by atoms with van der Waals surface area (Å²) < 4.78 is 28.4. The van der Waals surface area contributed by atoms with E-state index in [1.807, 2.05) is 0 Å². The minimum absolute atomic E-state index is 0.217. The second kappa shape index (κ2) is 6.76. The lowest BCUT2D eigenvalue weighted by Crippen LogP contribution is -2.47. The van der Waals surface area contributed by atoms with E-state index in [4.69, 9.17) is 4.74 Å². The van der Waals surface area contributed by atoms with Gasteiger partial charge in [-0.2, -0.15) is 0 Å². The van der Waals surface area contributed by atoms with Gasteiger partial charge in [-0.1, -0.05) is 0 Å². The predicted molar refractivity (Wildman–Crippen MR) is 76.4 cm³/mol. The first-order valence-electron chi connectivity index (χ1n) is 7.39. The van der Waals surface area contributed by atoms with E-state index in [1.165, 1.54) is 0 Å². The quantitative estimate of drug-likeness (QED) is 0.830. The molecule has 0 aliphatic carbocycles. The fourth-order valence-corrected chi connectivity index (χ4v) is 4.64. The van der Waals surface area contributed by atoms with E-state index in [0.29, 0.717) is 38.0 Å². The number of carbonyl (C=O) groups excluding carboxylic acids is 1. The van der Waals surface area contributed by atoms with Gasteiger partial charge in [-0.05, 0) is 32.6 Å². The highest BCUT2D eigenvalue weighted by molar-refractivity contribution is 7.92. The van der Waals surface area contributed by atoms with Crippen molar-refractivity contribution in [3.63, 3.8) is 0 Å². The molecule has 0 aromatic rings. The molecule has 1 N–H and O–H groups in total. The number of rotatable bonds is 4. The number of sulfone groups is 1. The third-order valence-electron chi connectivity index (χ3n) is 4.12. The first-order chi connectivity index (χ1) is 9.53. The van der Waals surface area contributed by atoms with Gasteiger partial charge in [0.2, 0.25) is 0 Å². The van der Waals surface area contributed by atoms with Crippen molar-refractivity contribution < 1.29 is 17.9 Å². The van der Waals surface area contributed by atoms with Crippen LogP contribution in [0.2, 0.25) is 0 Å². The summed E-state index contributed by atoms with van der Waals surface area (Å²) >= 11 is 0. The molecule has 20 heavy (non-hydrogen) atoms. The summed E-state index contributed by atoms with van der Waals surface area (Å²) in [6.07, 6.45) is 3.02. The minimum Gasteiger partial charge on any atom is -0.450 e. The number of amides is 1. The average Bonchev–Trinajstić information content (AvgIpc) is 2.76. The second-order valence-corrected chi connectivity index (χ2v) is 7.90. The van der Waals surface area contributed by atoms with E-state index in [-0.39, 0.29) is 11.3 Å². The van der Waals surface area contributed by atoms with Crippen LogP contribution in [0.25, 0.3) is 0 Å². The molecule has 0 saturated carbocycles. The van der Waals surface area contributed by atoms with E-state index in [0.717, 1.165) is 25.7 Å². The Morgan fingerprint density at radius 3 is 2.55 bits per heavy atom. The molecule has 6 nitrogen and oxygen atoms in total. The molecule has 116 valence electrons. The molecule has 0 spiro atoms. The number of piperidine rings is 1. The molecule has 2 rings (SSSR count). The highest BCUT2D eigenvalue weighted by atomic mass is 32.2. The number of ether oxygens (including phenoxy) is 1. The highest BCUT2D eigenvalue weighted by Crippen LogP contribution is 2.20. The Kier molecular flexibility index (Phi) is 5.26. The summed E-state index contributed by atoms with van der Waals surface area (Å²) in [4.78, 5) is 13.3. The smallest absolute Gasteiger partial charge is 0.409 e. The van der Waals surface area contributed by atoms with Crippen molar-refractivity contribution >= 4 is 15.9 Å². The summed E-state index contributed by atoms with van der Waals surface area (Å²) in [6, 6.07) is 0.302. The number of likely N-dealkylation sites (tertiary alicyclic amines) is 1. The first-order valence-corrected chi connectivity index (χ1v) is 9.11. The topological polar surface area (TPSA) is 75.7 Å². The molecular formula is C13H24N2O4S. The minimum atomic E-state index is -2.87. The zero-order chi connectivity index (χ0) is 14.6. The van der Waals surface area contributed by atoms with Crippen molar-refractivity contribution in [2.24, 2.45) is 0 Å². The van der Waals surface area contributed by atoms with Gasteiger partial charge >= 0.3 is 6.09 Å². The van der Waals surface area contributed by atoms with Crippen LogP contribution in [0.5, 0.6) is 0 Å². The maximum absolute atomic E-state index is 11.7. The van der Waals surface area contributed by atoms with Crippen molar-refractivity contribution in [3.8, 4) is 0 Å². The summed E-state index contributed by atoms with van der Waals surface area (Å²) in [5, 5.41) is 3.14. The molecule has 2 heterocycles. The van der Waals surface area contributed by atoms with Gasteiger partial charge < -0.3 is 15.0 Å². The lowest BCUT2D eigenvalue weighted by Gasteiger charge is -2.32. The van der Waals surface area contributed by atoms with Crippen LogP contribution in [-0.4, -0.2) is 62.7 Å². The molecule has 2 saturated heterocycles. The summed E-state index contributed by atoms with van der Waals surface area (Å²) in [5.41, 5.74) is 0. The highest BCUT2D eigenvalue weighted by Gasteiger charge is 2.32. The lowest BCUT2D eigenvalue weighted by molar-refractivity contribution is 0.0951. The number of nitrogens with one attached hydrogen (secondary N) is 1. The van der Waals surface area contributed by atoms with Gasteiger partial charge in [0, 0.05) is 25.7 Å². The Morgan fingerprint density at radius 2 is 2.00 bits per heavy atom. The summed E-state index contributed by atoms with van der Waals surface area (Å²) in [6.45, 7) is 4.10. The molecule has 1 amide bonds.